The molecule has 0 aliphatic rings. The first-order valence-corrected chi connectivity index (χ1v) is 21.5. The van der Waals surface area contributed by atoms with E-state index >= 15 is 0 Å². The summed E-state index contributed by atoms with van der Waals surface area (Å²) in [5.74, 6) is 0. The molecule has 0 aliphatic carbocycles. The van der Waals surface area contributed by atoms with Crippen LogP contribution in [0.1, 0.15) is 271 Å². The Morgan fingerprint density at radius 2 is 0.378 bits per heavy atom. The lowest BCUT2D eigenvalue weighted by Gasteiger charge is -2.26. The summed E-state index contributed by atoms with van der Waals surface area (Å²) in [4.78, 5) is 0. The van der Waals surface area contributed by atoms with Gasteiger partial charge in [-0.3, -0.25) is 0 Å². The van der Waals surface area contributed by atoms with Crippen LogP contribution in [-0.2, 0) is 0 Å². The fourth-order valence-corrected chi connectivity index (χ4v) is 7.40. The van der Waals surface area contributed by atoms with Crippen LogP contribution in [0.15, 0.2) is 0 Å². The van der Waals surface area contributed by atoms with Crippen LogP contribution in [0.25, 0.3) is 0 Å². The predicted molar refractivity (Wildman–Crippen MR) is 203 cm³/mol. The standard InChI is InChI=1S/C43H89N.HI/c1-4-7-10-13-16-19-22-25-28-31-34-37-40-43(44,41-38-35-32-29-26-23-20-17-14-11-8-5-2)42-39-36-33-30-27-24-21-18-15-12-9-6-3;/h4-42,44H2,1-3H3;1H. The third kappa shape index (κ3) is 39.0. The monoisotopic (exact) mass is 748 g/mol. The highest BCUT2D eigenvalue weighted by Gasteiger charge is 2.27. The molecule has 0 fully saturated rings. The molecule has 3 N–H and O–H groups in total. The van der Waals surface area contributed by atoms with Crippen molar-refractivity contribution in [1.82, 2.24) is 0 Å². The summed E-state index contributed by atoms with van der Waals surface area (Å²) in [6.07, 6.45) is 56.5. The Labute approximate surface area is 305 Å². The van der Waals surface area contributed by atoms with E-state index in [4.69, 9.17) is 5.73 Å². The van der Waals surface area contributed by atoms with Crippen LogP contribution in [0, 0.1) is 0 Å². The van der Waals surface area contributed by atoms with E-state index < -0.39 is 0 Å². The van der Waals surface area contributed by atoms with Crippen molar-refractivity contribution in [2.45, 2.75) is 277 Å². The van der Waals surface area contributed by atoms with Gasteiger partial charge in [-0.05, 0) is 19.3 Å². The summed E-state index contributed by atoms with van der Waals surface area (Å²) in [5, 5.41) is 0. The van der Waals surface area contributed by atoms with Crippen LogP contribution < -0.4 is 29.7 Å². The van der Waals surface area contributed by atoms with Gasteiger partial charge >= 0.3 is 0 Å². The van der Waals surface area contributed by atoms with Crippen molar-refractivity contribution in [1.29, 1.82) is 0 Å². The van der Waals surface area contributed by atoms with Gasteiger partial charge in [-0.2, -0.15) is 0 Å². The lowest BCUT2D eigenvalue weighted by atomic mass is 9.82. The third-order valence-electron chi connectivity index (χ3n) is 10.7. The maximum Gasteiger partial charge on any atom is 0.0945 e. The lowest BCUT2D eigenvalue weighted by Crippen LogP contribution is -3.00. The molecule has 0 atom stereocenters. The normalized spacial score (nSPS) is 11.7. The summed E-state index contributed by atoms with van der Waals surface area (Å²) in [6.45, 7) is 6.95. The average molecular weight is 748 g/mol. The molecule has 0 aromatic carbocycles. The van der Waals surface area contributed by atoms with Crippen LogP contribution in [-0.4, -0.2) is 5.54 Å². The van der Waals surface area contributed by atoms with E-state index in [1.54, 1.807) is 0 Å². The van der Waals surface area contributed by atoms with Gasteiger partial charge in [0.1, 0.15) is 0 Å². The Morgan fingerprint density at radius 1 is 0.244 bits per heavy atom. The fourth-order valence-electron chi connectivity index (χ4n) is 7.40. The third-order valence-corrected chi connectivity index (χ3v) is 10.7. The van der Waals surface area contributed by atoms with Gasteiger partial charge in [0, 0.05) is 19.3 Å². The van der Waals surface area contributed by atoms with Crippen molar-refractivity contribution in [2.24, 2.45) is 0 Å². The Morgan fingerprint density at radius 3 is 0.533 bits per heavy atom. The van der Waals surface area contributed by atoms with Gasteiger partial charge in [-0.1, -0.05) is 233 Å². The SMILES string of the molecule is CCCCCCCCCCCCCCC([NH3+])(CCCCCCCCCCCCCC)CCCCCCCCCCCCCC.[I-]. The van der Waals surface area contributed by atoms with Crippen LogP contribution >= 0.6 is 0 Å². The molecule has 0 unspecified atom stereocenters. The zero-order valence-electron chi connectivity index (χ0n) is 32.2. The van der Waals surface area contributed by atoms with Crippen LogP contribution in [0.4, 0.5) is 0 Å². The first kappa shape index (κ1) is 47.8. The van der Waals surface area contributed by atoms with Gasteiger partial charge in [0.05, 0.1) is 5.54 Å². The maximum atomic E-state index is 4.94. The molecule has 0 saturated carbocycles. The first-order chi connectivity index (χ1) is 21.7. The molecule has 2 heteroatoms. The van der Waals surface area contributed by atoms with Crippen molar-refractivity contribution >= 4 is 0 Å². The zero-order chi connectivity index (χ0) is 32.1. The van der Waals surface area contributed by atoms with Crippen molar-refractivity contribution < 1.29 is 29.7 Å². The van der Waals surface area contributed by atoms with Gasteiger partial charge in [0.25, 0.3) is 0 Å². The minimum atomic E-state index is 0. The minimum Gasteiger partial charge on any atom is -1.00 e. The Kier molecular flexibility index (Phi) is 43.4. The smallest absolute Gasteiger partial charge is 0.0945 e. The van der Waals surface area contributed by atoms with Crippen molar-refractivity contribution in [3.05, 3.63) is 0 Å². The van der Waals surface area contributed by atoms with Gasteiger partial charge < -0.3 is 29.7 Å². The van der Waals surface area contributed by atoms with Gasteiger partial charge in [-0.25, -0.2) is 0 Å². The second-order valence-corrected chi connectivity index (χ2v) is 15.4. The molecule has 0 spiro atoms. The molecule has 0 saturated heterocycles. The Balaban J connectivity index is 0. The van der Waals surface area contributed by atoms with Gasteiger partial charge in [-0.15, -0.1) is 0 Å². The molecule has 0 heterocycles. The van der Waals surface area contributed by atoms with Crippen molar-refractivity contribution in [2.75, 3.05) is 0 Å². The molecular weight excluding hydrogens is 657 g/mol. The molecule has 0 amide bonds. The molecule has 1 nitrogen and oxygen atoms in total. The number of halogens is 1. The molecular formula is C43H90IN. The number of hydrogen-bond donors (Lipinski definition) is 1. The number of rotatable bonds is 39. The van der Waals surface area contributed by atoms with E-state index in [-0.39, 0.29) is 24.0 Å². The molecule has 0 rings (SSSR count). The van der Waals surface area contributed by atoms with E-state index in [2.05, 4.69) is 20.8 Å². The molecule has 0 aromatic rings. The molecule has 45 heavy (non-hydrogen) atoms. The second-order valence-electron chi connectivity index (χ2n) is 15.4. The topological polar surface area (TPSA) is 27.6 Å². The minimum absolute atomic E-state index is 0. The molecule has 0 aromatic heterocycles. The van der Waals surface area contributed by atoms with Crippen LogP contribution in [0.5, 0.6) is 0 Å². The van der Waals surface area contributed by atoms with Gasteiger partial charge in [0.15, 0.2) is 0 Å². The molecule has 0 aliphatic heterocycles. The zero-order valence-corrected chi connectivity index (χ0v) is 34.3. The quantitative estimate of drug-likeness (QED) is 0.0479. The highest BCUT2D eigenvalue weighted by atomic mass is 127. The van der Waals surface area contributed by atoms with Crippen LogP contribution in [0.2, 0.25) is 0 Å². The summed E-state index contributed by atoms with van der Waals surface area (Å²) in [7, 11) is 0. The van der Waals surface area contributed by atoms with E-state index in [1.165, 1.54) is 250 Å². The van der Waals surface area contributed by atoms with Gasteiger partial charge in [0.2, 0.25) is 0 Å². The second kappa shape index (κ2) is 40.9. The Hall–Kier alpha value is 0.690. The highest BCUT2D eigenvalue weighted by Crippen LogP contribution is 2.26. The largest absolute Gasteiger partial charge is 1.00 e. The fraction of sp³-hybridized carbons (Fsp3) is 1.00. The predicted octanol–water partition coefficient (Wildman–Crippen LogP) is 12.2. The Bertz CT molecular complexity index is 437. The van der Waals surface area contributed by atoms with E-state index in [1.807, 2.05) is 0 Å². The molecule has 274 valence electrons. The van der Waals surface area contributed by atoms with E-state index in [0.29, 0.717) is 5.54 Å². The summed E-state index contributed by atoms with van der Waals surface area (Å²) >= 11 is 0. The summed E-state index contributed by atoms with van der Waals surface area (Å²) in [5.41, 5.74) is 5.31. The first-order valence-electron chi connectivity index (χ1n) is 21.5. The summed E-state index contributed by atoms with van der Waals surface area (Å²) < 4.78 is 0. The number of hydrogen-bond acceptors (Lipinski definition) is 0. The van der Waals surface area contributed by atoms with Crippen molar-refractivity contribution in [3.63, 3.8) is 0 Å². The highest BCUT2D eigenvalue weighted by molar-refractivity contribution is 4.77. The van der Waals surface area contributed by atoms with E-state index in [9.17, 15) is 0 Å². The average Bonchev–Trinajstić information content (AvgIpc) is 3.02. The molecule has 0 radical (unpaired) electrons. The maximum absolute atomic E-state index is 4.94. The summed E-state index contributed by atoms with van der Waals surface area (Å²) in [6, 6.07) is 0. The van der Waals surface area contributed by atoms with Crippen LogP contribution in [0.3, 0.4) is 0 Å². The lowest BCUT2D eigenvalue weighted by molar-refractivity contribution is -0.484. The number of quaternary nitrogens is 1. The molecule has 0 bridgehead atoms. The number of unbranched alkanes of at least 4 members (excludes halogenated alkanes) is 33. The van der Waals surface area contributed by atoms with Crippen molar-refractivity contribution in [3.8, 4) is 0 Å². The van der Waals surface area contributed by atoms with E-state index in [0.717, 1.165) is 0 Å².